The number of carbonyl (C=O) groups is 1. The van der Waals surface area contributed by atoms with Crippen LogP contribution in [0.3, 0.4) is 0 Å². The molecule has 0 unspecified atom stereocenters. The first-order valence-electron chi connectivity index (χ1n) is 4.06. The van der Waals surface area contributed by atoms with Gasteiger partial charge in [0.2, 0.25) is 5.91 Å². The van der Waals surface area contributed by atoms with Gasteiger partial charge in [-0.1, -0.05) is 0 Å². The minimum Gasteiger partial charge on any atom is -0.345 e. The molecule has 0 saturated carbocycles. The maximum absolute atomic E-state index is 11.4. The first-order chi connectivity index (χ1) is 5.77. The van der Waals surface area contributed by atoms with Crippen LogP contribution in [0.2, 0.25) is 0 Å². The number of rotatable bonds is 0. The molecule has 0 atom stereocenters. The van der Waals surface area contributed by atoms with Crippen molar-refractivity contribution in [2.75, 3.05) is 13.6 Å². The molecule has 2 heterocycles. The zero-order valence-corrected chi connectivity index (χ0v) is 7.86. The Labute approximate surface area is 75.8 Å². The monoisotopic (exact) mass is 181 g/mol. The molecule has 0 aromatic carbocycles. The van der Waals surface area contributed by atoms with Crippen LogP contribution < -0.4 is 0 Å². The van der Waals surface area contributed by atoms with Crippen molar-refractivity contribution in [2.24, 2.45) is 0 Å². The number of carbonyl (C=O) groups excluding carboxylic acids is 1. The number of fused-ring (bicyclic) bond motifs is 1. The lowest BCUT2D eigenvalue weighted by molar-refractivity contribution is -0.128. The Hall–Kier alpha value is -0.830. The first kappa shape index (κ1) is 7.80. The van der Waals surface area contributed by atoms with Crippen LogP contribution in [0.25, 0.3) is 0 Å². The number of amides is 1. The summed E-state index contributed by atoms with van der Waals surface area (Å²) in [7, 11) is 1.87. The van der Waals surface area contributed by atoms with Gasteiger partial charge in [0.15, 0.2) is 0 Å². The largest absolute Gasteiger partial charge is 0.345 e. The van der Waals surface area contributed by atoms with Gasteiger partial charge in [0.05, 0.1) is 6.42 Å². The van der Waals surface area contributed by atoms with Gasteiger partial charge in [-0.15, -0.1) is 11.3 Å². The van der Waals surface area contributed by atoms with Gasteiger partial charge in [0.25, 0.3) is 0 Å². The highest BCUT2D eigenvalue weighted by Gasteiger charge is 2.17. The van der Waals surface area contributed by atoms with Gasteiger partial charge >= 0.3 is 0 Å². The molecule has 0 N–H and O–H groups in total. The van der Waals surface area contributed by atoms with Crippen molar-refractivity contribution in [3.63, 3.8) is 0 Å². The average Bonchev–Trinajstić information content (AvgIpc) is 2.43. The van der Waals surface area contributed by atoms with Crippen LogP contribution in [0.4, 0.5) is 0 Å². The zero-order chi connectivity index (χ0) is 8.55. The fourth-order valence-electron chi connectivity index (χ4n) is 1.44. The fourth-order valence-corrected chi connectivity index (χ4v) is 2.33. The van der Waals surface area contributed by atoms with E-state index in [-0.39, 0.29) is 5.91 Å². The van der Waals surface area contributed by atoms with Crippen LogP contribution in [0.5, 0.6) is 0 Å². The molecule has 1 amide bonds. The molecule has 64 valence electrons. The molecule has 0 bridgehead atoms. The van der Waals surface area contributed by atoms with Gasteiger partial charge in [0.1, 0.15) is 0 Å². The summed E-state index contributed by atoms with van der Waals surface area (Å²) in [5.41, 5.74) is 1.23. The second-order valence-corrected chi connectivity index (χ2v) is 4.11. The molecule has 0 spiro atoms. The number of likely N-dealkylation sites (N-methyl/N-ethyl adjacent to an activating group) is 1. The second-order valence-electron chi connectivity index (χ2n) is 3.11. The maximum atomic E-state index is 11.4. The molecule has 0 aliphatic carbocycles. The molecule has 0 saturated heterocycles. The minimum absolute atomic E-state index is 0.243. The summed E-state index contributed by atoms with van der Waals surface area (Å²) in [6.45, 7) is 0.867. The quantitative estimate of drug-likeness (QED) is 0.591. The second kappa shape index (κ2) is 2.90. The third-order valence-corrected chi connectivity index (χ3v) is 3.30. The molecular weight excluding hydrogens is 170 g/mol. The summed E-state index contributed by atoms with van der Waals surface area (Å²) < 4.78 is 0. The van der Waals surface area contributed by atoms with E-state index in [1.54, 1.807) is 11.3 Å². The Balaban J connectivity index is 2.30. The van der Waals surface area contributed by atoms with Crippen LogP contribution in [-0.4, -0.2) is 24.4 Å². The number of hydrogen-bond donors (Lipinski definition) is 0. The van der Waals surface area contributed by atoms with Gasteiger partial charge in [0, 0.05) is 18.5 Å². The summed E-state index contributed by atoms with van der Waals surface area (Å²) in [4.78, 5) is 14.6. The van der Waals surface area contributed by atoms with Crippen molar-refractivity contribution < 1.29 is 4.79 Å². The van der Waals surface area contributed by atoms with Crippen molar-refractivity contribution in [3.05, 3.63) is 21.9 Å². The zero-order valence-electron chi connectivity index (χ0n) is 7.04. The number of nitrogens with zero attached hydrogens (tertiary/aromatic N) is 1. The summed E-state index contributed by atoms with van der Waals surface area (Å²) in [6.07, 6.45) is 1.62. The molecule has 0 radical (unpaired) electrons. The topological polar surface area (TPSA) is 20.3 Å². The van der Waals surface area contributed by atoms with E-state index in [0.29, 0.717) is 6.42 Å². The van der Waals surface area contributed by atoms with Crippen molar-refractivity contribution in [2.45, 2.75) is 12.8 Å². The Morgan fingerprint density at radius 1 is 1.58 bits per heavy atom. The van der Waals surface area contributed by atoms with E-state index in [0.717, 1.165) is 13.0 Å². The molecule has 2 nitrogen and oxygen atoms in total. The molecule has 1 aromatic rings. The van der Waals surface area contributed by atoms with Gasteiger partial charge in [-0.25, -0.2) is 0 Å². The molecule has 1 aromatic heterocycles. The summed E-state index contributed by atoms with van der Waals surface area (Å²) in [6, 6.07) is 2.07. The molecular formula is C9H11NOS. The maximum Gasteiger partial charge on any atom is 0.226 e. The van der Waals surface area contributed by atoms with E-state index in [4.69, 9.17) is 0 Å². The predicted molar refractivity (Wildman–Crippen MR) is 49.4 cm³/mol. The average molecular weight is 181 g/mol. The van der Waals surface area contributed by atoms with E-state index < -0.39 is 0 Å². The smallest absolute Gasteiger partial charge is 0.226 e. The Morgan fingerprint density at radius 2 is 2.42 bits per heavy atom. The molecule has 12 heavy (non-hydrogen) atoms. The summed E-state index contributed by atoms with van der Waals surface area (Å²) in [5, 5.41) is 2.07. The Bertz CT molecular complexity index is 305. The fraction of sp³-hybridized carbons (Fsp3) is 0.444. The van der Waals surface area contributed by atoms with E-state index in [1.807, 2.05) is 11.9 Å². The minimum atomic E-state index is 0.243. The lowest BCUT2D eigenvalue weighted by atomic mass is 10.2. The van der Waals surface area contributed by atoms with E-state index >= 15 is 0 Å². The Kier molecular flexibility index (Phi) is 1.89. The van der Waals surface area contributed by atoms with Gasteiger partial charge in [-0.3, -0.25) is 4.79 Å². The first-order valence-corrected chi connectivity index (χ1v) is 4.94. The summed E-state index contributed by atoms with van der Waals surface area (Å²) in [5.74, 6) is 0.243. The predicted octanol–water partition coefficient (Wildman–Crippen LogP) is 1.31. The van der Waals surface area contributed by atoms with Gasteiger partial charge in [-0.2, -0.15) is 0 Å². The highest BCUT2D eigenvalue weighted by Crippen LogP contribution is 2.21. The molecule has 1 aliphatic heterocycles. The van der Waals surface area contributed by atoms with Crippen LogP contribution in [0.15, 0.2) is 11.4 Å². The van der Waals surface area contributed by atoms with E-state index in [1.165, 1.54) is 10.4 Å². The lowest BCUT2D eigenvalue weighted by Crippen LogP contribution is -2.27. The van der Waals surface area contributed by atoms with Crippen LogP contribution in [-0.2, 0) is 17.6 Å². The van der Waals surface area contributed by atoms with Gasteiger partial charge in [-0.05, 0) is 23.4 Å². The van der Waals surface area contributed by atoms with Crippen LogP contribution in [0.1, 0.15) is 10.4 Å². The third kappa shape index (κ3) is 1.25. The normalized spacial score (nSPS) is 17.4. The van der Waals surface area contributed by atoms with Gasteiger partial charge < -0.3 is 4.90 Å². The molecule has 0 fully saturated rings. The molecule has 3 heteroatoms. The van der Waals surface area contributed by atoms with E-state index in [2.05, 4.69) is 11.4 Å². The third-order valence-electron chi connectivity index (χ3n) is 2.28. The lowest BCUT2D eigenvalue weighted by Gasteiger charge is -2.12. The molecule has 1 aliphatic rings. The highest BCUT2D eigenvalue weighted by molar-refractivity contribution is 7.10. The van der Waals surface area contributed by atoms with Crippen molar-refractivity contribution in [1.82, 2.24) is 4.90 Å². The summed E-state index contributed by atoms with van der Waals surface area (Å²) >= 11 is 1.76. The van der Waals surface area contributed by atoms with Crippen LogP contribution >= 0.6 is 11.3 Å². The standard InChI is InChI=1S/C9H11NOS/c1-10-4-2-8-7(3-5-12-8)6-9(10)11/h3,5H,2,4,6H2,1H3. The van der Waals surface area contributed by atoms with Crippen LogP contribution in [0, 0.1) is 0 Å². The van der Waals surface area contributed by atoms with Crippen molar-refractivity contribution in [1.29, 1.82) is 0 Å². The SMILES string of the molecule is CN1CCc2sccc2CC1=O. The van der Waals surface area contributed by atoms with Crippen molar-refractivity contribution in [3.8, 4) is 0 Å². The molecule has 2 rings (SSSR count). The van der Waals surface area contributed by atoms with E-state index in [9.17, 15) is 4.79 Å². The number of thiophene rings is 1. The number of hydrogen-bond acceptors (Lipinski definition) is 2. The highest BCUT2D eigenvalue weighted by atomic mass is 32.1. The Morgan fingerprint density at radius 3 is 3.25 bits per heavy atom. The van der Waals surface area contributed by atoms with Crippen molar-refractivity contribution >= 4 is 17.2 Å².